The number of rotatable bonds is 8. The van der Waals surface area contributed by atoms with Crippen molar-refractivity contribution in [3.8, 4) is 23.3 Å². The highest BCUT2D eigenvalue weighted by Crippen LogP contribution is 2.39. The van der Waals surface area contributed by atoms with Gasteiger partial charge in [0.25, 0.3) is 11.1 Å². The summed E-state index contributed by atoms with van der Waals surface area (Å²) in [6.45, 7) is 0.529. The van der Waals surface area contributed by atoms with Crippen molar-refractivity contribution in [2.24, 2.45) is 0 Å². The van der Waals surface area contributed by atoms with Gasteiger partial charge in [-0.1, -0.05) is 35.9 Å². The number of benzene rings is 3. The number of carbonyl (C=O) groups is 2. The van der Waals surface area contributed by atoms with Crippen molar-refractivity contribution in [2.75, 3.05) is 20.8 Å². The Kier molecular flexibility index (Phi) is 9.09. The van der Waals surface area contributed by atoms with Crippen LogP contribution in [0.2, 0.25) is 5.02 Å². The summed E-state index contributed by atoms with van der Waals surface area (Å²) in [6.07, 6.45) is 0.835. The van der Waals surface area contributed by atoms with Crippen molar-refractivity contribution in [1.29, 1.82) is 5.26 Å². The van der Waals surface area contributed by atoms with Crippen molar-refractivity contribution in [1.82, 2.24) is 10.2 Å². The van der Waals surface area contributed by atoms with E-state index in [0.717, 1.165) is 11.1 Å². The molecule has 4 rings (SSSR count). The molecule has 2 atom stereocenters. The second kappa shape index (κ2) is 12.7. The highest BCUT2D eigenvalue weighted by molar-refractivity contribution is 7.80. The van der Waals surface area contributed by atoms with E-state index in [9.17, 15) is 20.0 Å². The molecule has 0 saturated carbocycles. The number of fused-ring (bicyclic) bond motifs is 1. The molecular formula is C29H26ClN3O6S. The van der Waals surface area contributed by atoms with Crippen LogP contribution in [-0.4, -0.2) is 47.8 Å². The molecule has 0 spiro atoms. The number of methoxy groups -OCH3 is 2. The number of hydrogen-bond donors (Lipinski definition) is 2. The quantitative estimate of drug-likeness (QED) is 0.351. The molecule has 0 aromatic heterocycles. The van der Waals surface area contributed by atoms with Crippen molar-refractivity contribution in [2.45, 2.75) is 24.9 Å². The van der Waals surface area contributed by atoms with Gasteiger partial charge in [-0.15, -0.1) is 0 Å². The molecule has 0 saturated heterocycles. The topological polar surface area (TPSA) is 121 Å². The van der Waals surface area contributed by atoms with Crippen LogP contribution in [-0.2, 0) is 11.2 Å². The van der Waals surface area contributed by atoms with Gasteiger partial charge in [-0.25, -0.2) is 4.79 Å². The van der Waals surface area contributed by atoms with Crippen LogP contribution in [0, 0.1) is 11.3 Å². The van der Waals surface area contributed by atoms with Gasteiger partial charge in [0.05, 0.1) is 43.3 Å². The van der Waals surface area contributed by atoms with Crippen molar-refractivity contribution < 1.29 is 28.9 Å². The molecule has 2 unspecified atom stereocenters. The minimum absolute atomic E-state index is 0.173. The first-order chi connectivity index (χ1) is 19.3. The van der Waals surface area contributed by atoms with Crippen LogP contribution in [0.25, 0.3) is 0 Å². The van der Waals surface area contributed by atoms with Crippen LogP contribution in [0.5, 0.6) is 17.2 Å². The van der Waals surface area contributed by atoms with Gasteiger partial charge in [-0.2, -0.15) is 5.26 Å². The van der Waals surface area contributed by atoms with Crippen LogP contribution in [0.4, 0.5) is 0 Å². The van der Waals surface area contributed by atoms with Gasteiger partial charge >= 0.3 is 5.97 Å². The van der Waals surface area contributed by atoms with Crippen molar-refractivity contribution in [3.05, 3.63) is 87.9 Å². The van der Waals surface area contributed by atoms with Crippen molar-refractivity contribution in [3.63, 3.8) is 0 Å². The number of carboxylic acid groups (broad SMARTS) is 1. The predicted molar refractivity (Wildman–Crippen MR) is 152 cm³/mol. The lowest BCUT2D eigenvalue weighted by molar-refractivity contribution is -0.139. The Labute approximate surface area is 241 Å². The highest BCUT2D eigenvalue weighted by Gasteiger charge is 2.32. The number of ether oxygens (including phenoxy) is 3. The van der Waals surface area contributed by atoms with Gasteiger partial charge in [-0.3, -0.25) is 4.79 Å². The molecular weight excluding hydrogens is 554 g/mol. The summed E-state index contributed by atoms with van der Waals surface area (Å²) in [5.74, 6) is -0.287. The number of hydrogen-bond acceptors (Lipinski definition) is 7. The van der Waals surface area contributed by atoms with Crippen LogP contribution in [0.1, 0.15) is 45.6 Å². The summed E-state index contributed by atoms with van der Waals surface area (Å²) >= 11 is 11.7. The Morgan fingerprint density at radius 2 is 1.82 bits per heavy atom. The minimum Gasteiger partial charge on any atom is -0.493 e. The van der Waals surface area contributed by atoms with Gasteiger partial charge in [0.15, 0.2) is 17.5 Å². The van der Waals surface area contributed by atoms with Crippen molar-refractivity contribution >= 4 is 40.9 Å². The average molecular weight is 580 g/mol. The summed E-state index contributed by atoms with van der Waals surface area (Å²) in [4.78, 5) is 26.5. The zero-order chi connectivity index (χ0) is 28.8. The smallest absolute Gasteiger partial charge is 0.330 e. The molecule has 0 aliphatic carbocycles. The second-order valence-electron chi connectivity index (χ2n) is 8.89. The molecule has 206 valence electrons. The molecule has 1 heterocycles. The molecule has 0 fully saturated rings. The number of carbonyl (C=O) groups excluding carboxylic acids is 1. The largest absolute Gasteiger partial charge is 0.493 e. The first kappa shape index (κ1) is 28.7. The number of nitriles is 1. The number of amides is 1. The maximum atomic E-state index is 12.6. The number of halogens is 1. The van der Waals surface area contributed by atoms with E-state index in [1.54, 1.807) is 56.7 Å². The van der Waals surface area contributed by atoms with Gasteiger partial charge in [0.2, 0.25) is 0 Å². The lowest BCUT2D eigenvalue weighted by atomic mass is 9.90. The summed E-state index contributed by atoms with van der Waals surface area (Å²) in [5.41, 5.74) is 2.46. The molecule has 1 amide bonds. The zero-order valence-electron chi connectivity index (χ0n) is 21.7. The third kappa shape index (κ3) is 6.11. The lowest BCUT2D eigenvalue weighted by Crippen LogP contribution is -2.41. The summed E-state index contributed by atoms with van der Waals surface area (Å²) in [5, 5.41) is 22.2. The fourth-order valence-electron chi connectivity index (χ4n) is 4.58. The van der Waals surface area contributed by atoms with E-state index in [4.69, 9.17) is 38.0 Å². The monoisotopic (exact) mass is 579 g/mol. The first-order valence-electron chi connectivity index (χ1n) is 12.3. The zero-order valence-corrected chi connectivity index (χ0v) is 23.3. The van der Waals surface area contributed by atoms with E-state index in [0.29, 0.717) is 35.8 Å². The summed E-state index contributed by atoms with van der Waals surface area (Å²) in [7, 11) is 3.13. The van der Waals surface area contributed by atoms with E-state index in [1.807, 2.05) is 17.0 Å². The maximum Gasteiger partial charge on any atom is 0.330 e. The van der Waals surface area contributed by atoms with Crippen LogP contribution in [0.3, 0.4) is 0 Å². The number of nitrogens with one attached hydrogen (secondary N) is 1. The molecule has 9 nitrogen and oxygen atoms in total. The van der Waals surface area contributed by atoms with Gasteiger partial charge in [0.1, 0.15) is 5.75 Å². The Hall–Kier alpha value is -4.33. The summed E-state index contributed by atoms with van der Waals surface area (Å²) < 4.78 is 16.8. The number of carboxylic acids is 1. The van der Waals surface area contributed by atoms with E-state index >= 15 is 0 Å². The van der Waals surface area contributed by atoms with E-state index in [2.05, 4.69) is 11.4 Å². The van der Waals surface area contributed by atoms with E-state index in [1.165, 1.54) is 6.07 Å². The minimum atomic E-state index is -1.31. The number of aliphatic carboxylic acids is 1. The Bertz CT molecular complexity index is 1470. The van der Waals surface area contributed by atoms with Gasteiger partial charge in [-0.05, 0) is 71.7 Å². The van der Waals surface area contributed by atoms with E-state index < -0.39 is 17.9 Å². The molecule has 1 aliphatic heterocycles. The highest BCUT2D eigenvalue weighted by atomic mass is 35.5. The molecule has 40 heavy (non-hydrogen) atoms. The molecule has 0 bridgehead atoms. The molecule has 3 aromatic rings. The van der Waals surface area contributed by atoms with Crippen LogP contribution >= 0.6 is 23.8 Å². The van der Waals surface area contributed by atoms with Gasteiger partial charge in [0, 0.05) is 6.54 Å². The normalized spacial score (nSPS) is 14.8. The lowest BCUT2D eigenvalue weighted by Gasteiger charge is -2.37. The maximum absolute atomic E-state index is 12.6. The summed E-state index contributed by atoms with van der Waals surface area (Å²) in [6, 6.07) is 17.0. The number of thiocarbonyl (C=S) groups is 1. The van der Waals surface area contributed by atoms with E-state index in [-0.39, 0.29) is 28.2 Å². The SMILES string of the molecule is COc1cc2c(cc1OC)C(CC#N)N(C(=S)Oc1ccc(C(NC(=O)c3ccccc3Cl)C(=O)O)cc1)CC2. The fourth-order valence-corrected chi connectivity index (χ4v) is 5.12. The van der Waals surface area contributed by atoms with Gasteiger partial charge < -0.3 is 29.5 Å². The molecule has 3 aromatic carbocycles. The Morgan fingerprint density at radius 3 is 2.45 bits per heavy atom. The molecule has 1 aliphatic rings. The first-order valence-corrected chi connectivity index (χ1v) is 13.0. The Balaban J connectivity index is 1.50. The second-order valence-corrected chi connectivity index (χ2v) is 9.65. The number of nitrogens with zero attached hydrogens (tertiary/aromatic N) is 2. The standard InChI is InChI=1S/C29H26ClN3O6S/c1-37-24-15-18-12-14-33(23(11-13-31)21(18)16-25(24)38-2)29(40)39-19-9-7-17(8-10-19)26(28(35)36)32-27(34)20-5-3-4-6-22(20)30/h3-10,15-16,23,26H,11-12,14H2,1-2H3,(H,32,34)(H,35,36). The third-order valence-corrected chi connectivity index (χ3v) is 7.23. The molecule has 11 heteroatoms. The third-order valence-electron chi connectivity index (χ3n) is 6.58. The van der Waals surface area contributed by atoms with Crippen LogP contribution < -0.4 is 19.5 Å². The fraction of sp³-hybridized carbons (Fsp3) is 0.241. The van der Waals surface area contributed by atoms with Crippen LogP contribution in [0.15, 0.2) is 60.7 Å². The Morgan fingerprint density at radius 1 is 1.15 bits per heavy atom. The predicted octanol–water partition coefficient (Wildman–Crippen LogP) is 5.09. The molecule has 2 N–H and O–H groups in total. The molecule has 0 radical (unpaired) electrons. The average Bonchev–Trinajstić information content (AvgIpc) is 2.95.